The summed E-state index contributed by atoms with van der Waals surface area (Å²) in [5, 5.41) is 28.0. The quantitative estimate of drug-likeness (QED) is 0.685. The summed E-state index contributed by atoms with van der Waals surface area (Å²) in [5.74, 6) is -0.616. The van der Waals surface area contributed by atoms with Crippen LogP contribution in [0.4, 0.5) is 0 Å². The Labute approximate surface area is 120 Å². The van der Waals surface area contributed by atoms with E-state index in [1.165, 1.54) is 31.2 Å². The number of rotatable bonds is 7. The number of carbonyl (C=O) groups excluding carboxylic acids is 1. The normalized spacial score (nSPS) is 13.6. The highest BCUT2D eigenvalue weighted by Crippen LogP contribution is 2.22. The van der Waals surface area contributed by atoms with Gasteiger partial charge in [-0.15, -0.1) is 0 Å². The fourth-order valence-electron chi connectivity index (χ4n) is 1.42. The van der Waals surface area contributed by atoms with Crippen molar-refractivity contribution in [1.29, 1.82) is 0 Å². The molecule has 0 aliphatic heterocycles. The van der Waals surface area contributed by atoms with E-state index in [2.05, 4.69) is 0 Å². The lowest BCUT2D eigenvalue weighted by Gasteiger charge is -2.17. The summed E-state index contributed by atoms with van der Waals surface area (Å²) in [7, 11) is 0. The number of aliphatic hydroxyl groups is 2. The molecule has 6 nitrogen and oxygen atoms in total. The van der Waals surface area contributed by atoms with Crippen LogP contribution < -0.4 is 4.74 Å². The maximum absolute atomic E-state index is 10.8. The van der Waals surface area contributed by atoms with Crippen molar-refractivity contribution in [3.63, 3.8) is 0 Å². The largest absolute Gasteiger partial charge is 0.482 e. The number of carboxylic acid groups (broad SMARTS) is 1. The van der Waals surface area contributed by atoms with E-state index in [4.69, 9.17) is 9.84 Å². The molecule has 0 heterocycles. The van der Waals surface area contributed by atoms with E-state index in [9.17, 15) is 19.8 Å². The average molecular weight is 300 g/mol. The molecule has 0 bridgehead atoms. The second kappa shape index (κ2) is 7.88. The maximum Gasteiger partial charge on any atom is 0.341 e. The molecule has 0 saturated carbocycles. The highest BCUT2D eigenvalue weighted by atomic mass is 32.2. The van der Waals surface area contributed by atoms with Gasteiger partial charge in [-0.3, -0.25) is 4.79 Å². The fraction of sp³-hybridized carbons (Fsp3) is 0.385. The molecule has 110 valence electrons. The molecule has 0 aliphatic carbocycles. The van der Waals surface area contributed by atoms with Gasteiger partial charge in [-0.05, 0) is 17.7 Å². The van der Waals surface area contributed by atoms with Gasteiger partial charge in [0.25, 0.3) is 0 Å². The predicted octanol–water partition coefficient (Wildman–Crippen LogP) is 0.824. The van der Waals surface area contributed by atoms with Gasteiger partial charge in [0.15, 0.2) is 11.7 Å². The zero-order chi connectivity index (χ0) is 15.1. The summed E-state index contributed by atoms with van der Waals surface area (Å²) in [6.07, 6.45) is -2.18. The van der Waals surface area contributed by atoms with Gasteiger partial charge in [0, 0.05) is 12.7 Å². The van der Waals surface area contributed by atoms with Gasteiger partial charge in [-0.2, -0.15) is 0 Å². The number of aliphatic carboxylic acids is 1. The van der Waals surface area contributed by atoms with Crippen molar-refractivity contribution in [2.45, 2.75) is 19.1 Å². The van der Waals surface area contributed by atoms with E-state index in [1.807, 2.05) is 0 Å². The van der Waals surface area contributed by atoms with E-state index in [1.54, 1.807) is 0 Å². The second-order valence-electron chi connectivity index (χ2n) is 4.07. The van der Waals surface area contributed by atoms with Crippen LogP contribution in [0.25, 0.3) is 0 Å². The minimum absolute atomic E-state index is 0.105. The summed E-state index contributed by atoms with van der Waals surface area (Å²) in [6, 6.07) is 6.08. The Morgan fingerprint density at radius 2 is 1.85 bits per heavy atom. The third-order valence-electron chi connectivity index (χ3n) is 2.41. The SMILES string of the molecule is CC(=O)SCC(O)C(O)c1ccc(OCC(=O)O)cc1. The molecule has 20 heavy (non-hydrogen) atoms. The summed E-state index contributed by atoms with van der Waals surface area (Å²) in [5.41, 5.74) is 0.462. The van der Waals surface area contributed by atoms with Crippen molar-refractivity contribution in [3.8, 4) is 5.75 Å². The van der Waals surface area contributed by atoms with Crippen molar-refractivity contribution < 1.29 is 29.6 Å². The number of hydrogen-bond donors (Lipinski definition) is 3. The summed E-state index contributed by atoms with van der Waals surface area (Å²) < 4.78 is 4.95. The van der Waals surface area contributed by atoms with Gasteiger partial charge in [0.2, 0.25) is 0 Å². The van der Waals surface area contributed by atoms with Crippen molar-refractivity contribution in [2.24, 2.45) is 0 Å². The van der Waals surface area contributed by atoms with Crippen molar-refractivity contribution in [1.82, 2.24) is 0 Å². The van der Waals surface area contributed by atoms with Crippen molar-refractivity contribution in [2.75, 3.05) is 12.4 Å². The third kappa shape index (κ3) is 5.60. The zero-order valence-corrected chi connectivity index (χ0v) is 11.7. The smallest absolute Gasteiger partial charge is 0.341 e. The molecule has 0 radical (unpaired) electrons. The van der Waals surface area contributed by atoms with Crippen molar-refractivity contribution in [3.05, 3.63) is 29.8 Å². The first kappa shape index (κ1) is 16.5. The Balaban J connectivity index is 2.58. The van der Waals surface area contributed by atoms with Crippen LogP contribution in [0.15, 0.2) is 24.3 Å². The first-order chi connectivity index (χ1) is 9.40. The van der Waals surface area contributed by atoms with Crippen LogP contribution in [0.5, 0.6) is 5.75 Å². The van der Waals surface area contributed by atoms with Crippen LogP contribution in [0.3, 0.4) is 0 Å². The van der Waals surface area contributed by atoms with Crippen LogP contribution in [0.1, 0.15) is 18.6 Å². The molecule has 1 aromatic rings. The predicted molar refractivity (Wildman–Crippen MR) is 73.7 cm³/mol. The molecule has 0 saturated heterocycles. The van der Waals surface area contributed by atoms with Gasteiger partial charge in [0.1, 0.15) is 11.9 Å². The minimum atomic E-state index is -1.12. The maximum atomic E-state index is 10.8. The molecule has 0 amide bonds. The van der Waals surface area contributed by atoms with E-state index < -0.39 is 24.8 Å². The van der Waals surface area contributed by atoms with Gasteiger partial charge in [0.05, 0.1) is 6.10 Å². The summed E-state index contributed by atoms with van der Waals surface area (Å²) in [6.45, 7) is 0.943. The Morgan fingerprint density at radius 1 is 1.25 bits per heavy atom. The third-order valence-corrected chi connectivity index (χ3v) is 3.32. The number of hydrogen-bond acceptors (Lipinski definition) is 6. The number of aliphatic hydroxyl groups excluding tert-OH is 2. The highest BCUT2D eigenvalue weighted by Gasteiger charge is 2.19. The molecule has 0 spiro atoms. The molecule has 0 aliphatic rings. The number of carboxylic acids is 1. The van der Waals surface area contributed by atoms with Crippen LogP contribution in [-0.2, 0) is 9.59 Å². The Hall–Kier alpha value is -1.57. The Bertz CT molecular complexity index is 458. The van der Waals surface area contributed by atoms with Gasteiger partial charge in [-0.1, -0.05) is 23.9 Å². The first-order valence-corrected chi connectivity index (χ1v) is 6.82. The zero-order valence-electron chi connectivity index (χ0n) is 10.9. The molecule has 0 aromatic heterocycles. The Morgan fingerprint density at radius 3 is 2.35 bits per heavy atom. The summed E-state index contributed by atoms with van der Waals surface area (Å²) >= 11 is 0.938. The molecular formula is C13H16O6S. The van der Waals surface area contributed by atoms with Crippen LogP contribution >= 0.6 is 11.8 Å². The summed E-state index contributed by atoms with van der Waals surface area (Å²) in [4.78, 5) is 21.1. The lowest BCUT2D eigenvalue weighted by Crippen LogP contribution is -2.21. The average Bonchev–Trinajstić information content (AvgIpc) is 2.42. The lowest BCUT2D eigenvalue weighted by molar-refractivity contribution is -0.139. The van der Waals surface area contributed by atoms with E-state index in [0.29, 0.717) is 11.3 Å². The van der Waals surface area contributed by atoms with E-state index in [0.717, 1.165) is 11.8 Å². The highest BCUT2D eigenvalue weighted by molar-refractivity contribution is 8.13. The van der Waals surface area contributed by atoms with E-state index in [-0.39, 0.29) is 10.9 Å². The van der Waals surface area contributed by atoms with Crippen LogP contribution in [-0.4, -0.2) is 44.9 Å². The van der Waals surface area contributed by atoms with Gasteiger partial charge in [-0.25, -0.2) is 4.79 Å². The number of carbonyl (C=O) groups is 2. The molecule has 1 rings (SSSR count). The number of ether oxygens (including phenoxy) is 1. The fourth-order valence-corrected chi connectivity index (χ4v) is 2.01. The minimum Gasteiger partial charge on any atom is -0.482 e. The van der Waals surface area contributed by atoms with Gasteiger partial charge < -0.3 is 20.1 Å². The number of benzene rings is 1. The monoisotopic (exact) mass is 300 g/mol. The van der Waals surface area contributed by atoms with Crippen LogP contribution in [0, 0.1) is 0 Å². The van der Waals surface area contributed by atoms with Crippen LogP contribution in [0.2, 0.25) is 0 Å². The molecular weight excluding hydrogens is 284 g/mol. The van der Waals surface area contributed by atoms with Gasteiger partial charge >= 0.3 is 5.97 Å². The topological polar surface area (TPSA) is 104 Å². The molecule has 2 atom stereocenters. The molecule has 1 aromatic carbocycles. The molecule has 2 unspecified atom stereocenters. The molecule has 0 fully saturated rings. The first-order valence-electron chi connectivity index (χ1n) is 5.84. The number of thioether (sulfide) groups is 1. The Kier molecular flexibility index (Phi) is 6.50. The lowest BCUT2D eigenvalue weighted by atomic mass is 10.1. The van der Waals surface area contributed by atoms with Crippen molar-refractivity contribution >= 4 is 22.8 Å². The van der Waals surface area contributed by atoms with E-state index >= 15 is 0 Å². The standard InChI is InChI=1S/C13H16O6S/c1-8(14)20-7-11(15)13(18)9-2-4-10(5-3-9)19-6-12(16)17/h2-5,11,13,15,18H,6-7H2,1H3,(H,16,17). The molecule has 3 N–H and O–H groups in total. The second-order valence-corrected chi connectivity index (χ2v) is 5.26. The molecule has 7 heteroatoms.